The van der Waals surface area contributed by atoms with Gasteiger partial charge >= 0.3 is 0 Å². The van der Waals surface area contributed by atoms with Crippen molar-refractivity contribution in [2.75, 3.05) is 33.3 Å². The molecule has 0 spiro atoms. The molecule has 19 heavy (non-hydrogen) atoms. The number of hydrogen-bond acceptors (Lipinski definition) is 3. The maximum Gasteiger partial charge on any atom is 0.0595 e. The van der Waals surface area contributed by atoms with E-state index >= 15 is 0 Å². The minimum atomic E-state index is 0.442. The third-order valence-corrected chi connectivity index (χ3v) is 4.72. The third-order valence-electron chi connectivity index (χ3n) is 4.72. The van der Waals surface area contributed by atoms with E-state index in [1.807, 2.05) is 7.11 Å². The summed E-state index contributed by atoms with van der Waals surface area (Å²) in [5, 5.41) is 3.74. The molecule has 2 aliphatic rings. The van der Waals surface area contributed by atoms with Gasteiger partial charge in [-0.25, -0.2) is 0 Å². The highest BCUT2D eigenvalue weighted by Gasteiger charge is 2.31. The van der Waals surface area contributed by atoms with Crippen molar-refractivity contribution in [1.29, 1.82) is 0 Å². The van der Waals surface area contributed by atoms with Crippen LogP contribution >= 0.6 is 0 Å². The molecular formula is C16H32N2O. The van der Waals surface area contributed by atoms with Gasteiger partial charge in [-0.05, 0) is 37.5 Å². The van der Waals surface area contributed by atoms with E-state index in [0.29, 0.717) is 11.5 Å². The average Bonchev–Trinajstić information content (AvgIpc) is 3.22. The van der Waals surface area contributed by atoms with Crippen molar-refractivity contribution in [2.45, 2.75) is 64.5 Å². The fourth-order valence-electron chi connectivity index (χ4n) is 3.35. The first-order chi connectivity index (χ1) is 9.15. The molecular weight excluding hydrogens is 236 g/mol. The van der Waals surface area contributed by atoms with E-state index in [2.05, 4.69) is 24.1 Å². The summed E-state index contributed by atoms with van der Waals surface area (Å²) in [7, 11) is 1.85. The van der Waals surface area contributed by atoms with Gasteiger partial charge in [0.25, 0.3) is 0 Å². The lowest BCUT2D eigenvalue weighted by Gasteiger charge is -2.39. The predicted octanol–water partition coefficient (Wildman–Crippen LogP) is 2.66. The van der Waals surface area contributed by atoms with Crippen LogP contribution in [0.1, 0.15) is 52.4 Å². The second kappa shape index (κ2) is 7.05. The first-order valence-electron chi connectivity index (χ1n) is 8.14. The fourth-order valence-corrected chi connectivity index (χ4v) is 3.35. The Morgan fingerprint density at radius 2 is 1.89 bits per heavy atom. The van der Waals surface area contributed by atoms with Crippen LogP contribution in [-0.4, -0.2) is 50.3 Å². The van der Waals surface area contributed by atoms with Gasteiger partial charge in [0, 0.05) is 39.3 Å². The Morgan fingerprint density at radius 1 is 1.21 bits per heavy atom. The van der Waals surface area contributed by atoms with Gasteiger partial charge < -0.3 is 15.0 Å². The highest BCUT2D eigenvalue weighted by molar-refractivity contribution is 4.88. The van der Waals surface area contributed by atoms with Gasteiger partial charge in [0.15, 0.2) is 0 Å². The van der Waals surface area contributed by atoms with Crippen LogP contribution in [0.3, 0.4) is 0 Å². The number of nitrogens with zero attached hydrogens (tertiary/aromatic N) is 1. The maximum atomic E-state index is 5.47. The highest BCUT2D eigenvalue weighted by Crippen LogP contribution is 2.28. The summed E-state index contributed by atoms with van der Waals surface area (Å²) < 4.78 is 5.47. The summed E-state index contributed by atoms with van der Waals surface area (Å²) in [4.78, 5) is 2.65. The molecule has 0 radical (unpaired) electrons. The second-order valence-electron chi connectivity index (χ2n) is 6.93. The topological polar surface area (TPSA) is 24.5 Å². The first-order valence-corrected chi connectivity index (χ1v) is 8.14. The smallest absolute Gasteiger partial charge is 0.0595 e. The molecule has 0 amide bonds. The number of methoxy groups -OCH3 is 1. The van der Waals surface area contributed by atoms with E-state index in [9.17, 15) is 0 Å². The van der Waals surface area contributed by atoms with Gasteiger partial charge in [-0.15, -0.1) is 0 Å². The van der Waals surface area contributed by atoms with E-state index in [1.54, 1.807) is 0 Å². The lowest BCUT2D eigenvalue weighted by atomic mass is 9.84. The van der Waals surface area contributed by atoms with Crippen molar-refractivity contribution in [2.24, 2.45) is 5.41 Å². The molecule has 1 heterocycles. The van der Waals surface area contributed by atoms with Crippen LogP contribution < -0.4 is 5.32 Å². The molecule has 1 saturated carbocycles. The van der Waals surface area contributed by atoms with Crippen molar-refractivity contribution >= 4 is 0 Å². The Hall–Kier alpha value is -0.120. The Morgan fingerprint density at radius 3 is 2.42 bits per heavy atom. The maximum absolute atomic E-state index is 5.47. The normalized spacial score (nSPS) is 25.4. The molecule has 3 heteroatoms. The second-order valence-corrected chi connectivity index (χ2v) is 6.93. The molecule has 0 aromatic rings. The monoisotopic (exact) mass is 268 g/mol. The quantitative estimate of drug-likeness (QED) is 0.732. The molecule has 1 aliphatic heterocycles. The largest absolute Gasteiger partial charge is 0.381 e. The van der Waals surface area contributed by atoms with E-state index in [-0.39, 0.29) is 0 Å². The van der Waals surface area contributed by atoms with Gasteiger partial charge in [0.2, 0.25) is 0 Å². The van der Waals surface area contributed by atoms with Crippen LogP contribution in [0.15, 0.2) is 0 Å². The van der Waals surface area contributed by atoms with E-state index in [0.717, 1.165) is 6.04 Å². The van der Waals surface area contributed by atoms with Crippen LogP contribution in [0.4, 0.5) is 0 Å². The van der Waals surface area contributed by atoms with Crippen molar-refractivity contribution in [1.82, 2.24) is 10.2 Å². The number of nitrogens with one attached hydrogen (secondary N) is 1. The Balaban J connectivity index is 1.77. The van der Waals surface area contributed by atoms with Gasteiger partial charge in [-0.1, -0.05) is 20.3 Å². The summed E-state index contributed by atoms with van der Waals surface area (Å²) in [6, 6.07) is 0.829. The number of likely N-dealkylation sites (tertiary alicyclic amines) is 1. The zero-order valence-electron chi connectivity index (χ0n) is 13.1. The molecule has 0 aromatic heterocycles. The van der Waals surface area contributed by atoms with Crippen LogP contribution in [0, 0.1) is 5.41 Å². The molecule has 2 rings (SSSR count). The molecule has 0 aromatic carbocycles. The molecule has 3 nitrogen and oxygen atoms in total. The van der Waals surface area contributed by atoms with Crippen molar-refractivity contribution in [3.63, 3.8) is 0 Å². The summed E-state index contributed by atoms with van der Waals surface area (Å²) in [6.07, 6.45) is 8.30. The molecule has 0 bridgehead atoms. The Bertz CT molecular complexity index is 259. The molecule has 1 unspecified atom stereocenters. The molecule has 2 fully saturated rings. The van der Waals surface area contributed by atoms with Crippen LogP contribution in [0.25, 0.3) is 0 Å². The Labute approximate surface area is 119 Å². The van der Waals surface area contributed by atoms with Crippen LogP contribution in [-0.2, 0) is 4.74 Å². The minimum absolute atomic E-state index is 0.442. The molecule has 1 aliphatic carbocycles. The summed E-state index contributed by atoms with van der Waals surface area (Å²) >= 11 is 0. The van der Waals surface area contributed by atoms with Crippen molar-refractivity contribution in [3.8, 4) is 0 Å². The summed E-state index contributed by atoms with van der Waals surface area (Å²) in [5.74, 6) is 0. The fraction of sp³-hybridized carbons (Fsp3) is 1.00. The van der Waals surface area contributed by atoms with Crippen molar-refractivity contribution in [3.05, 3.63) is 0 Å². The SMILES string of the molecule is CCCC(C)(CNC1CC1)CN1CCC(OC)CC1. The van der Waals surface area contributed by atoms with Gasteiger partial charge in [0.1, 0.15) is 0 Å². The molecule has 1 atom stereocenters. The first kappa shape index (κ1) is 15.3. The van der Waals surface area contributed by atoms with Crippen LogP contribution in [0.5, 0.6) is 0 Å². The summed E-state index contributed by atoms with van der Waals surface area (Å²) in [6.45, 7) is 9.63. The zero-order chi connectivity index (χ0) is 13.7. The third kappa shape index (κ3) is 5.05. The average molecular weight is 268 g/mol. The lowest BCUT2D eigenvalue weighted by molar-refractivity contribution is 0.0267. The van der Waals surface area contributed by atoms with Gasteiger partial charge in [-0.3, -0.25) is 0 Å². The molecule has 1 N–H and O–H groups in total. The van der Waals surface area contributed by atoms with Gasteiger partial charge in [0.05, 0.1) is 6.10 Å². The van der Waals surface area contributed by atoms with Gasteiger partial charge in [-0.2, -0.15) is 0 Å². The molecule has 112 valence electrons. The Kier molecular flexibility index (Phi) is 5.67. The standard InChI is InChI=1S/C16H32N2O/c1-4-9-16(2,12-17-14-5-6-14)13-18-10-7-15(19-3)8-11-18/h14-15,17H,4-13H2,1-3H3. The predicted molar refractivity (Wildman–Crippen MR) is 80.5 cm³/mol. The van der Waals surface area contributed by atoms with Crippen molar-refractivity contribution < 1.29 is 4.74 Å². The summed E-state index contributed by atoms with van der Waals surface area (Å²) in [5.41, 5.74) is 0.442. The minimum Gasteiger partial charge on any atom is -0.381 e. The molecule has 1 saturated heterocycles. The van der Waals surface area contributed by atoms with E-state index < -0.39 is 0 Å². The number of ether oxygens (including phenoxy) is 1. The van der Waals surface area contributed by atoms with E-state index in [1.165, 1.54) is 64.7 Å². The van der Waals surface area contributed by atoms with Crippen LogP contribution in [0.2, 0.25) is 0 Å². The zero-order valence-corrected chi connectivity index (χ0v) is 13.1. The highest BCUT2D eigenvalue weighted by atomic mass is 16.5. The number of piperidine rings is 1. The number of hydrogen-bond donors (Lipinski definition) is 1. The van der Waals surface area contributed by atoms with E-state index in [4.69, 9.17) is 4.74 Å². The lowest BCUT2D eigenvalue weighted by Crippen LogP contribution is -2.46. The number of rotatable bonds is 8.